The Bertz CT molecular complexity index is 1480. The number of benzene rings is 2. The minimum atomic E-state index is -0.634. The third-order valence-electron chi connectivity index (χ3n) is 4.89. The Balaban J connectivity index is 1.56. The summed E-state index contributed by atoms with van der Waals surface area (Å²) >= 11 is 1.12. The van der Waals surface area contributed by atoms with Gasteiger partial charge in [0.1, 0.15) is 11.6 Å². The molecule has 0 aliphatic carbocycles. The average Bonchev–Trinajstić information content (AvgIpc) is 3.24. The third kappa shape index (κ3) is 5.85. The summed E-state index contributed by atoms with van der Waals surface area (Å²) in [4.78, 5) is 50.8. The van der Waals surface area contributed by atoms with Gasteiger partial charge in [-0.3, -0.25) is 29.3 Å². The monoisotopic (exact) mass is 509 g/mol. The number of aromatic nitrogens is 5. The van der Waals surface area contributed by atoms with Crippen LogP contribution in [0.5, 0.6) is 5.75 Å². The largest absolute Gasteiger partial charge is 0.497 e. The first-order chi connectivity index (χ1) is 17.3. The second-order valence-electron chi connectivity index (χ2n) is 7.36. The average molecular weight is 510 g/mol. The predicted molar refractivity (Wildman–Crippen MR) is 131 cm³/mol. The highest BCUT2D eigenvalue weighted by Gasteiger charge is 2.17. The normalized spacial score (nSPS) is 10.7. The van der Waals surface area contributed by atoms with E-state index in [0.717, 1.165) is 11.8 Å². The Hall–Kier alpha value is -4.72. The molecule has 0 aliphatic heterocycles. The fourth-order valence-electron chi connectivity index (χ4n) is 3.28. The molecule has 13 nitrogen and oxygen atoms in total. The minimum Gasteiger partial charge on any atom is -0.497 e. The Labute approximate surface area is 206 Å². The number of methoxy groups -OCH3 is 1. The van der Waals surface area contributed by atoms with E-state index in [-0.39, 0.29) is 23.8 Å². The summed E-state index contributed by atoms with van der Waals surface area (Å²) in [6, 6.07) is 13.8. The van der Waals surface area contributed by atoms with Gasteiger partial charge in [0.2, 0.25) is 5.91 Å². The molecule has 4 rings (SSSR count). The van der Waals surface area contributed by atoms with Gasteiger partial charge < -0.3 is 15.0 Å². The van der Waals surface area contributed by atoms with Crippen molar-refractivity contribution in [2.75, 3.05) is 18.2 Å². The van der Waals surface area contributed by atoms with Gasteiger partial charge in [-0.05, 0) is 36.4 Å². The predicted octanol–water partition coefficient (Wildman–Crippen LogP) is 1.88. The molecule has 0 saturated heterocycles. The van der Waals surface area contributed by atoms with Crippen molar-refractivity contribution in [1.29, 1.82) is 0 Å². The number of nitro benzene ring substituents is 1. The maximum absolute atomic E-state index is 12.5. The third-order valence-corrected chi connectivity index (χ3v) is 5.82. The highest BCUT2D eigenvalue weighted by Crippen LogP contribution is 2.25. The smallest absolute Gasteiger partial charge is 0.325 e. The van der Waals surface area contributed by atoms with E-state index in [2.05, 4.69) is 25.5 Å². The molecule has 0 aliphatic rings. The van der Waals surface area contributed by atoms with Crippen molar-refractivity contribution in [2.45, 2.75) is 11.6 Å². The number of amides is 1. The van der Waals surface area contributed by atoms with E-state index in [9.17, 15) is 24.5 Å². The van der Waals surface area contributed by atoms with Crippen LogP contribution in [0, 0.1) is 10.1 Å². The van der Waals surface area contributed by atoms with Crippen molar-refractivity contribution in [3.05, 3.63) is 97.1 Å². The summed E-state index contributed by atoms with van der Waals surface area (Å²) in [6.45, 7) is 0. The quantitative estimate of drug-likeness (QED) is 0.173. The van der Waals surface area contributed by atoms with Crippen LogP contribution in [0.1, 0.15) is 11.5 Å². The van der Waals surface area contributed by atoms with Crippen molar-refractivity contribution < 1.29 is 14.5 Å². The van der Waals surface area contributed by atoms with E-state index in [4.69, 9.17) is 4.74 Å². The highest BCUT2D eigenvalue weighted by atomic mass is 32.2. The number of hydrogen-bond donors (Lipinski definition) is 3. The molecular weight excluding hydrogens is 490 g/mol. The number of non-ortho nitro benzene ring substituents is 1. The Morgan fingerprint density at radius 1 is 1.11 bits per heavy atom. The van der Waals surface area contributed by atoms with Gasteiger partial charge >= 0.3 is 5.69 Å². The van der Waals surface area contributed by atoms with Gasteiger partial charge in [-0.2, -0.15) is 0 Å². The van der Waals surface area contributed by atoms with Crippen LogP contribution in [0.3, 0.4) is 0 Å². The first-order valence-electron chi connectivity index (χ1n) is 10.4. The number of carbonyl (C=O) groups excluding carboxylic acids is 1. The maximum atomic E-state index is 12.5. The fourth-order valence-corrected chi connectivity index (χ4v) is 4.05. The van der Waals surface area contributed by atoms with Crippen LogP contribution < -0.4 is 21.3 Å². The number of nitro groups is 1. The number of nitrogens with one attached hydrogen (secondary N) is 3. The van der Waals surface area contributed by atoms with E-state index in [1.165, 1.54) is 30.3 Å². The second-order valence-corrected chi connectivity index (χ2v) is 8.31. The first-order valence-corrected chi connectivity index (χ1v) is 11.4. The molecule has 0 fully saturated rings. The van der Waals surface area contributed by atoms with Crippen molar-refractivity contribution in [3.8, 4) is 11.4 Å². The number of ether oxygens (including phenoxy) is 1. The van der Waals surface area contributed by atoms with Crippen LogP contribution in [0.4, 0.5) is 11.4 Å². The van der Waals surface area contributed by atoms with Crippen molar-refractivity contribution >= 4 is 29.0 Å². The molecule has 0 radical (unpaired) electrons. The number of aromatic amines is 2. The van der Waals surface area contributed by atoms with Gasteiger partial charge in [-0.1, -0.05) is 11.8 Å². The van der Waals surface area contributed by atoms with E-state index in [1.54, 1.807) is 35.9 Å². The van der Waals surface area contributed by atoms with Crippen LogP contribution >= 0.6 is 11.8 Å². The van der Waals surface area contributed by atoms with Crippen LogP contribution in [0.25, 0.3) is 5.69 Å². The molecule has 2 aromatic heterocycles. The standard InChI is InChI=1S/C22H19N7O6S/c1-35-17-8-6-15(7-9-17)28-18(10-14-11-19(30)25-21(32)24-14)26-27-22(28)36-12-20(31)23-13-2-4-16(5-3-13)29(33)34/h2-9,11H,10,12H2,1H3,(H,23,31)(H2,24,25,30,32). The van der Waals surface area contributed by atoms with Gasteiger partial charge in [-0.25, -0.2) is 4.79 Å². The number of hydrogen-bond acceptors (Lipinski definition) is 9. The summed E-state index contributed by atoms with van der Waals surface area (Å²) < 4.78 is 6.92. The molecule has 184 valence electrons. The molecule has 2 aromatic carbocycles. The molecule has 0 atom stereocenters. The number of rotatable bonds is 9. The molecule has 0 bridgehead atoms. The van der Waals surface area contributed by atoms with E-state index >= 15 is 0 Å². The summed E-state index contributed by atoms with van der Waals surface area (Å²) in [6.07, 6.45) is 0.105. The summed E-state index contributed by atoms with van der Waals surface area (Å²) in [5.41, 5.74) is 0.193. The van der Waals surface area contributed by atoms with Gasteiger partial charge in [0.15, 0.2) is 5.16 Å². The van der Waals surface area contributed by atoms with Gasteiger partial charge in [0, 0.05) is 41.7 Å². The van der Waals surface area contributed by atoms with Crippen LogP contribution in [-0.4, -0.2) is 48.4 Å². The Kier molecular flexibility index (Phi) is 7.25. The Morgan fingerprint density at radius 3 is 2.47 bits per heavy atom. The highest BCUT2D eigenvalue weighted by molar-refractivity contribution is 7.99. The maximum Gasteiger partial charge on any atom is 0.325 e. The molecule has 36 heavy (non-hydrogen) atoms. The number of anilines is 1. The van der Waals surface area contributed by atoms with E-state index in [0.29, 0.717) is 33.8 Å². The topological polar surface area (TPSA) is 178 Å². The molecule has 1 amide bonds. The summed E-state index contributed by atoms with van der Waals surface area (Å²) in [7, 11) is 1.55. The van der Waals surface area contributed by atoms with E-state index < -0.39 is 16.2 Å². The molecule has 2 heterocycles. The number of thioether (sulfide) groups is 1. The number of carbonyl (C=O) groups is 1. The van der Waals surface area contributed by atoms with Crippen molar-refractivity contribution in [3.63, 3.8) is 0 Å². The second kappa shape index (κ2) is 10.7. The Morgan fingerprint density at radius 2 is 1.83 bits per heavy atom. The van der Waals surface area contributed by atoms with Crippen LogP contribution in [0.2, 0.25) is 0 Å². The molecule has 0 unspecified atom stereocenters. The van der Waals surface area contributed by atoms with E-state index in [1.807, 2.05) is 0 Å². The molecular formula is C22H19N7O6S. The number of H-pyrrole nitrogens is 2. The molecule has 0 spiro atoms. The molecule has 3 N–H and O–H groups in total. The van der Waals surface area contributed by atoms with Crippen LogP contribution in [0.15, 0.2) is 69.3 Å². The zero-order chi connectivity index (χ0) is 25.7. The lowest BCUT2D eigenvalue weighted by atomic mass is 10.2. The van der Waals surface area contributed by atoms with Crippen LogP contribution in [-0.2, 0) is 11.2 Å². The zero-order valence-corrected chi connectivity index (χ0v) is 19.6. The zero-order valence-electron chi connectivity index (χ0n) is 18.8. The molecule has 4 aromatic rings. The summed E-state index contributed by atoms with van der Waals surface area (Å²) in [5, 5.41) is 22.3. The minimum absolute atomic E-state index is 0.0207. The van der Waals surface area contributed by atoms with Gasteiger partial charge in [0.05, 0.1) is 17.8 Å². The molecule has 14 heteroatoms. The summed E-state index contributed by atoms with van der Waals surface area (Å²) in [5.74, 6) is 0.704. The van der Waals surface area contributed by atoms with Gasteiger partial charge in [-0.15, -0.1) is 10.2 Å². The first kappa shape index (κ1) is 24.4. The molecule has 0 saturated carbocycles. The lowest BCUT2D eigenvalue weighted by molar-refractivity contribution is -0.384. The fraction of sp³-hybridized carbons (Fsp3) is 0.136. The lowest BCUT2D eigenvalue weighted by Gasteiger charge is -2.11. The van der Waals surface area contributed by atoms with Crippen molar-refractivity contribution in [1.82, 2.24) is 24.7 Å². The number of nitrogens with zero attached hydrogens (tertiary/aromatic N) is 4. The SMILES string of the molecule is COc1ccc(-n2c(Cc3cc(=O)[nH]c(=O)[nH]3)nnc2SCC(=O)Nc2ccc([N+](=O)[O-])cc2)cc1. The lowest BCUT2D eigenvalue weighted by Crippen LogP contribution is -2.23. The van der Waals surface area contributed by atoms with Crippen molar-refractivity contribution in [2.24, 2.45) is 0 Å². The van der Waals surface area contributed by atoms with Gasteiger partial charge in [0.25, 0.3) is 11.2 Å².